The Morgan fingerprint density at radius 2 is 2.32 bits per heavy atom. The number of hydrogen-bond acceptors (Lipinski definition) is 3. The molecule has 1 N–H and O–H groups in total. The highest BCUT2D eigenvalue weighted by Crippen LogP contribution is 2.31. The largest absolute Gasteiger partial charge is 0.339 e. The van der Waals surface area contributed by atoms with Crippen molar-refractivity contribution in [1.29, 1.82) is 0 Å². The van der Waals surface area contributed by atoms with Gasteiger partial charge in [-0.1, -0.05) is 13.3 Å². The molecule has 6 nitrogen and oxygen atoms in total. The number of carbonyl (C=O) groups is 2. The van der Waals surface area contributed by atoms with Gasteiger partial charge >= 0.3 is 0 Å². The SMILES string of the molecule is CCCCN1C(=O)CC[C@H]2CN(C(=O)c3ccn[nH]3)CC[C@H]21. The molecule has 1 aromatic rings. The van der Waals surface area contributed by atoms with Gasteiger partial charge in [-0.2, -0.15) is 5.10 Å². The maximum atomic E-state index is 12.4. The fourth-order valence-electron chi connectivity index (χ4n) is 3.70. The zero-order valence-corrected chi connectivity index (χ0v) is 13.1. The van der Waals surface area contributed by atoms with Crippen molar-refractivity contribution in [1.82, 2.24) is 20.0 Å². The topological polar surface area (TPSA) is 69.3 Å². The average Bonchev–Trinajstić information content (AvgIpc) is 3.07. The van der Waals surface area contributed by atoms with Crippen LogP contribution in [0.2, 0.25) is 0 Å². The van der Waals surface area contributed by atoms with Gasteiger partial charge in [-0.25, -0.2) is 0 Å². The van der Waals surface area contributed by atoms with Crippen molar-refractivity contribution in [3.8, 4) is 0 Å². The van der Waals surface area contributed by atoms with E-state index in [1.54, 1.807) is 12.3 Å². The average molecular weight is 304 g/mol. The number of piperidine rings is 2. The Hall–Kier alpha value is -1.85. The van der Waals surface area contributed by atoms with Crippen molar-refractivity contribution in [3.05, 3.63) is 18.0 Å². The van der Waals surface area contributed by atoms with E-state index < -0.39 is 0 Å². The first-order valence-corrected chi connectivity index (χ1v) is 8.28. The summed E-state index contributed by atoms with van der Waals surface area (Å²) in [7, 11) is 0. The van der Waals surface area contributed by atoms with Crippen LogP contribution in [-0.2, 0) is 4.79 Å². The molecule has 2 fully saturated rings. The van der Waals surface area contributed by atoms with Gasteiger partial charge < -0.3 is 9.80 Å². The molecule has 0 bridgehead atoms. The van der Waals surface area contributed by atoms with Crippen LogP contribution >= 0.6 is 0 Å². The number of amides is 2. The molecule has 0 aliphatic carbocycles. The molecule has 2 atom stereocenters. The lowest BCUT2D eigenvalue weighted by Gasteiger charge is -2.47. The molecule has 120 valence electrons. The maximum absolute atomic E-state index is 12.4. The maximum Gasteiger partial charge on any atom is 0.271 e. The number of H-pyrrole nitrogens is 1. The van der Waals surface area contributed by atoms with Crippen molar-refractivity contribution in [2.24, 2.45) is 5.92 Å². The van der Waals surface area contributed by atoms with E-state index in [1.807, 2.05) is 4.90 Å². The zero-order valence-electron chi connectivity index (χ0n) is 13.1. The zero-order chi connectivity index (χ0) is 15.5. The van der Waals surface area contributed by atoms with Crippen LogP contribution in [0.5, 0.6) is 0 Å². The van der Waals surface area contributed by atoms with Gasteiger partial charge in [0.05, 0.1) is 0 Å². The smallest absolute Gasteiger partial charge is 0.271 e. The number of hydrogen-bond donors (Lipinski definition) is 1. The third kappa shape index (κ3) is 2.87. The molecule has 2 amide bonds. The second kappa shape index (κ2) is 6.50. The van der Waals surface area contributed by atoms with Crippen molar-refractivity contribution >= 4 is 11.8 Å². The van der Waals surface area contributed by atoms with Gasteiger partial charge in [0, 0.05) is 38.3 Å². The van der Waals surface area contributed by atoms with Crippen LogP contribution in [-0.4, -0.2) is 57.5 Å². The van der Waals surface area contributed by atoms with E-state index in [4.69, 9.17) is 0 Å². The van der Waals surface area contributed by atoms with E-state index in [-0.39, 0.29) is 5.91 Å². The molecule has 3 rings (SSSR count). The number of nitrogens with zero attached hydrogens (tertiary/aromatic N) is 3. The summed E-state index contributed by atoms with van der Waals surface area (Å²) in [6.07, 6.45) is 6.18. The molecule has 0 unspecified atom stereocenters. The molecule has 6 heteroatoms. The molecule has 22 heavy (non-hydrogen) atoms. The molecular weight excluding hydrogens is 280 g/mol. The molecule has 2 saturated heterocycles. The Bertz CT molecular complexity index is 528. The summed E-state index contributed by atoms with van der Waals surface area (Å²) in [5, 5.41) is 6.59. The van der Waals surface area contributed by atoms with Gasteiger partial charge in [0.1, 0.15) is 5.69 Å². The number of unbranched alkanes of at least 4 members (excludes halogenated alkanes) is 1. The fourth-order valence-corrected chi connectivity index (χ4v) is 3.70. The Balaban J connectivity index is 1.66. The molecule has 2 aliphatic heterocycles. The van der Waals surface area contributed by atoms with Gasteiger partial charge in [-0.05, 0) is 31.2 Å². The third-order valence-electron chi connectivity index (χ3n) is 4.91. The quantitative estimate of drug-likeness (QED) is 0.920. The van der Waals surface area contributed by atoms with Crippen molar-refractivity contribution in [2.45, 2.75) is 45.1 Å². The summed E-state index contributed by atoms with van der Waals surface area (Å²) in [6, 6.07) is 2.03. The van der Waals surface area contributed by atoms with Gasteiger partial charge in [-0.3, -0.25) is 14.7 Å². The minimum atomic E-state index is 0.0213. The normalized spacial score (nSPS) is 25.2. The number of likely N-dealkylation sites (tertiary alicyclic amines) is 2. The lowest BCUT2D eigenvalue weighted by Crippen LogP contribution is -2.57. The standard InChI is InChI=1S/C16H24N4O2/c1-2-3-9-20-14-7-10-19(11-12(14)4-5-15(20)21)16(22)13-6-8-17-18-13/h6,8,12,14H,2-5,7,9-11H2,1H3,(H,17,18)/t12-,14+/m0/s1. The summed E-state index contributed by atoms with van der Waals surface area (Å²) in [5.74, 6) is 0.728. The second-order valence-electron chi connectivity index (χ2n) is 6.32. The minimum absolute atomic E-state index is 0.0213. The summed E-state index contributed by atoms with van der Waals surface area (Å²) in [5.41, 5.74) is 0.549. The lowest BCUT2D eigenvalue weighted by atomic mass is 9.83. The van der Waals surface area contributed by atoms with Crippen molar-refractivity contribution in [3.63, 3.8) is 0 Å². The van der Waals surface area contributed by atoms with Crippen LogP contribution in [0.3, 0.4) is 0 Å². The summed E-state index contributed by atoms with van der Waals surface area (Å²) >= 11 is 0. The number of carbonyl (C=O) groups excluding carboxylic acids is 2. The lowest BCUT2D eigenvalue weighted by molar-refractivity contribution is -0.140. The predicted octanol–water partition coefficient (Wildman–Crippen LogP) is 1.66. The minimum Gasteiger partial charge on any atom is -0.339 e. The second-order valence-corrected chi connectivity index (χ2v) is 6.32. The molecule has 0 radical (unpaired) electrons. The first-order valence-electron chi connectivity index (χ1n) is 8.28. The predicted molar refractivity (Wildman–Crippen MR) is 82.2 cm³/mol. The highest BCUT2D eigenvalue weighted by atomic mass is 16.2. The number of nitrogens with one attached hydrogen (secondary N) is 1. The first-order chi connectivity index (χ1) is 10.7. The van der Waals surface area contributed by atoms with E-state index in [0.29, 0.717) is 30.0 Å². The van der Waals surface area contributed by atoms with Crippen LogP contribution in [0.15, 0.2) is 12.3 Å². The van der Waals surface area contributed by atoms with Crippen molar-refractivity contribution < 1.29 is 9.59 Å². The molecule has 1 aromatic heterocycles. The monoisotopic (exact) mass is 304 g/mol. The van der Waals surface area contributed by atoms with Crippen LogP contribution in [0.25, 0.3) is 0 Å². The Morgan fingerprint density at radius 1 is 1.45 bits per heavy atom. The van der Waals surface area contributed by atoms with Crippen LogP contribution in [0.1, 0.15) is 49.5 Å². The number of rotatable bonds is 4. The first kappa shape index (κ1) is 15.1. The number of aromatic nitrogens is 2. The number of fused-ring (bicyclic) bond motifs is 1. The Morgan fingerprint density at radius 3 is 3.05 bits per heavy atom. The van der Waals surface area contributed by atoms with E-state index in [0.717, 1.165) is 45.3 Å². The van der Waals surface area contributed by atoms with Gasteiger partial charge in [-0.15, -0.1) is 0 Å². The molecule has 0 saturated carbocycles. The summed E-state index contributed by atoms with van der Waals surface area (Å²) < 4.78 is 0. The van der Waals surface area contributed by atoms with E-state index in [1.165, 1.54) is 0 Å². The fraction of sp³-hybridized carbons (Fsp3) is 0.688. The van der Waals surface area contributed by atoms with Gasteiger partial charge in [0.25, 0.3) is 5.91 Å². The molecule has 0 aromatic carbocycles. The molecule has 3 heterocycles. The van der Waals surface area contributed by atoms with Gasteiger partial charge in [0.15, 0.2) is 0 Å². The molecule has 2 aliphatic rings. The summed E-state index contributed by atoms with van der Waals surface area (Å²) in [4.78, 5) is 28.6. The van der Waals surface area contributed by atoms with E-state index in [9.17, 15) is 9.59 Å². The van der Waals surface area contributed by atoms with Gasteiger partial charge in [0.2, 0.25) is 5.91 Å². The summed E-state index contributed by atoms with van der Waals surface area (Å²) in [6.45, 7) is 4.48. The van der Waals surface area contributed by atoms with Crippen LogP contribution in [0, 0.1) is 5.92 Å². The molecular formula is C16H24N4O2. The highest BCUT2D eigenvalue weighted by molar-refractivity contribution is 5.92. The Labute approximate surface area is 130 Å². The van der Waals surface area contributed by atoms with Crippen LogP contribution < -0.4 is 0 Å². The van der Waals surface area contributed by atoms with E-state index in [2.05, 4.69) is 22.0 Å². The highest BCUT2D eigenvalue weighted by Gasteiger charge is 2.40. The molecule has 0 spiro atoms. The third-order valence-corrected chi connectivity index (χ3v) is 4.91. The van der Waals surface area contributed by atoms with Crippen LogP contribution in [0.4, 0.5) is 0 Å². The van der Waals surface area contributed by atoms with Crippen molar-refractivity contribution in [2.75, 3.05) is 19.6 Å². The number of aromatic amines is 1. The Kier molecular flexibility index (Phi) is 4.45. The van der Waals surface area contributed by atoms with E-state index >= 15 is 0 Å².